The van der Waals surface area contributed by atoms with Crippen LogP contribution in [-0.2, 0) is 0 Å². The predicted octanol–water partition coefficient (Wildman–Crippen LogP) is 1.79. The molecule has 0 aliphatic carbocycles. The molecular formula is C11H11N. The first-order chi connectivity index (χ1) is 5.93. The Labute approximate surface area is 73.6 Å². The summed E-state index contributed by atoms with van der Waals surface area (Å²) in [6, 6.07) is 2.84. The maximum absolute atomic E-state index is 5.05. The molecule has 0 bridgehead atoms. The number of nitrogens with one attached hydrogen (secondary N) is 1. The lowest BCUT2D eigenvalue weighted by Crippen LogP contribution is -2.08. The highest BCUT2D eigenvalue weighted by Gasteiger charge is 1.95. The van der Waals surface area contributed by atoms with Crippen LogP contribution in [0.15, 0.2) is 23.9 Å². The zero-order valence-electron chi connectivity index (χ0n) is 6.93. The number of hydrogen-bond donors (Lipinski definition) is 1. The van der Waals surface area contributed by atoms with Gasteiger partial charge in [0.25, 0.3) is 0 Å². The largest absolute Gasteiger partial charge is 0.319 e. The lowest BCUT2D eigenvalue weighted by atomic mass is 10.2. The highest BCUT2D eigenvalue weighted by atomic mass is 14.8. The van der Waals surface area contributed by atoms with Gasteiger partial charge in [0.05, 0.1) is 0 Å². The van der Waals surface area contributed by atoms with Crippen molar-refractivity contribution in [3.63, 3.8) is 0 Å². The van der Waals surface area contributed by atoms with Crippen molar-refractivity contribution in [1.82, 2.24) is 5.32 Å². The van der Waals surface area contributed by atoms with E-state index in [-0.39, 0.29) is 0 Å². The maximum atomic E-state index is 5.05. The average molecular weight is 157 g/mol. The molecule has 1 rings (SSSR count). The Morgan fingerprint density at radius 1 is 1.67 bits per heavy atom. The number of rotatable bonds is 2. The minimum Gasteiger partial charge on any atom is -0.319 e. The summed E-state index contributed by atoms with van der Waals surface area (Å²) in [5, 5.41) is 3.01. The molecule has 0 fully saturated rings. The fourth-order valence-electron chi connectivity index (χ4n) is 0.946. The maximum Gasteiger partial charge on any atom is 0.0202 e. The van der Waals surface area contributed by atoms with E-state index in [1.165, 1.54) is 5.70 Å². The summed E-state index contributed by atoms with van der Waals surface area (Å²) in [4.78, 5) is 0. The van der Waals surface area contributed by atoms with Gasteiger partial charge in [-0.25, -0.2) is 0 Å². The standard InChI is InChI=1S/C11H11N/c1-2-3-4-5-8-11-9-6-7-10-12-11/h1,3-4,8,12H,5-6,9H2/b4-3-,11-8+. The van der Waals surface area contributed by atoms with Gasteiger partial charge in [-0.3, -0.25) is 0 Å². The lowest BCUT2D eigenvalue weighted by Gasteiger charge is -2.05. The minimum absolute atomic E-state index is 0.883. The molecule has 1 nitrogen and oxygen atoms in total. The third kappa shape index (κ3) is 2.99. The van der Waals surface area contributed by atoms with Crippen LogP contribution in [0.1, 0.15) is 19.3 Å². The van der Waals surface area contributed by atoms with Crippen molar-refractivity contribution in [3.05, 3.63) is 23.9 Å². The van der Waals surface area contributed by atoms with Crippen molar-refractivity contribution in [3.8, 4) is 24.3 Å². The minimum atomic E-state index is 0.883. The fraction of sp³-hybridized carbons (Fsp3) is 0.273. The van der Waals surface area contributed by atoms with Crippen LogP contribution in [0, 0.1) is 24.3 Å². The molecule has 1 aliphatic heterocycles. The Balaban J connectivity index is 2.34. The highest BCUT2D eigenvalue weighted by Crippen LogP contribution is 2.04. The van der Waals surface area contributed by atoms with Gasteiger partial charge in [-0.15, -0.1) is 6.42 Å². The van der Waals surface area contributed by atoms with E-state index >= 15 is 0 Å². The molecule has 60 valence electrons. The summed E-state index contributed by atoms with van der Waals surface area (Å²) in [6.07, 6.45) is 13.7. The van der Waals surface area contributed by atoms with Crippen LogP contribution in [0.2, 0.25) is 0 Å². The van der Waals surface area contributed by atoms with Gasteiger partial charge in [0.2, 0.25) is 0 Å². The van der Waals surface area contributed by atoms with Crippen LogP contribution in [-0.4, -0.2) is 0 Å². The van der Waals surface area contributed by atoms with Crippen molar-refractivity contribution in [2.45, 2.75) is 19.3 Å². The molecule has 1 aliphatic rings. The van der Waals surface area contributed by atoms with Crippen LogP contribution >= 0.6 is 0 Å². The molecule has 1 heteroatoms. The first-order valence-corrected chi connectivity index (χ1v) is 3.97. The molecule has 0 radical (unpaired) electrons. The van der Waals surface area contributed by atoms with Crippen LogP contribution in [0.5, 0.6) is 0 Å². The molecule has 1 heterocycles. The zero-order chi connectivity index (χ0) is 8.65. The van der Waals surface area contributed by atoms with Crippen molar-refractivity contribution in [1.29, 1.82) is 0 Å². The van der Waals surface area contributed by atoms with E-state index in [4.69, 9.17) is 6.42 Å². The average Bonchev–Trinajstić information content (AvgIpc) is 2.14. The van der Waals surface area contributed by atoms with E-state index in [9.17, 15) is 0 Å². The third-order valence-corrected chi connectivity index (χ3v) is 1.55. The van der Waals surface area contributed by atoms with Crippen LogP contribution < -0.4 is 5.32 Å². The molecule has 1 N–H and O–H groups in total. The lowest BCUT2D eigenvalue weighted by molar-refractivity contribution is 0.875. The van der Waals surface area contributed by atoms with Gasteiger partial charge in [0.15, 0.2) is 0 Å². The number of allylic oxidation sites excluding steroid dienone is 4. The van der Waals surface area contributed by atoms with Crippen molar-refractivity contribution >= 4 is 0 Å². The first-order valence-electron chi connectivity index (χ1n) is 3.97. The van der Waals surface area contributed by atoms with E-state index in [0.717, 1.165) is 19.3 Å². The van der Waals surface area contributed by atoms with Crippen LogP contribution in [0.25, 0.3) is 0 Å². The number of hydrogen-bond acceptors (Lipinski definition) is 1. The molecule has 0 atom stereocenters. The predicted molar refractivity (Wildman–Crippen MR) is 50.8 cm³/mol. The van der Waals surface area contributed by atoms with Crippen molar-refractivity contribution in [2.24, 2.45) is 0 Å². The van der Waals surface area contributed by atoms with E-state index in [1.807, 2.05) is 6.08 Å². The summed E-state index contributed by atoms with van der Waals surface area (Å²) < 4.78 is 0. The molecule has 0 unspecified atom stereocenters. The van der Waals surface area contributed by atoms with E-state index in [0.29, 0.717) is 0 Å². The smallest absolute Gasteiger partial charge is 0.0202 e. The SMILES string of the molecule is C#C/C=C\C/C=C1\CCC#CN1. The molecule has 0 spiro atoms. The molecule has 12 heavy (non-hydrogen) atoms. The molecule has 0 aromatic carbocycles. The molecule has 0 amide bonds. The van der Waals surface area contributed by atoms with Crippen molar-refractivity contribution < 1.29 is 0 Å². The molecule has 0 saturated carbocycles. The highest BCUT2D eigenvalue weighted by molar-refractivity contribution is 5.18. The Kier molecular flexibility index (Phi) is 3.61. The van der Waals surface area contributed by atoms with Gasteiger partial charge < -0.3 is 5.32 Å². The van der Waals surface area contributed by atoms with Gasteiger partial charge in [0, 0.05) is 18.2 Å². The van der Waals surface area contributed by atoms with Gasteiger partial charge >= 0.3 is 0 Å². The second-order valence-electron chi connectivity index (χ2n) is 2.46. The van der Waals surface area contributed by atoms with Crippen LogP contribution in [0.3, 0.4) is 0 Å². The summed E-state index contributed by atoms with van der Waals surface area (Å²) in [6.45, 7) is 0. The van der Waals surface area contributed by atoms with Gasteiger partial charge in [-0.2, -0.15) is 0 Å². The topological polar surface area (TPSA) is 12.0 Å². The summed E-state index contributed by atoms with van der Waals surface area (Å²) in [5.41, 5.74) is 1.20. The molecule has 0 aromatic rings. The van der Waals surface area contributed by atoms with Crippen LogP contribution in [0.4, 0.5) is 0 Å². The van der Waals surface area contributed by atoms with E-state index in [1.54, 1.807) is 6.08 Å². The third-order valence-electron chi connectivity index (χ3n) is 1.55. The Morgan fingerprint density at radius 3 is 3.25 bits per heavy atom. The second kappa shape index (κ2) is 5.10. The Morgan fingerprint density at radius 2 is 2.58 bits per heavy atom. The van der Waals surface area contributed by atoms with Gasteiger partial charge in [0.1, 0.15) is 0 Å². The first kappa shape index (κ1) is 8.50. The molecule has 0 aromatic heterocycles. The monoisotopic (exact) mass is 157 g/mol. The Hall–Kier alpha value is -1.60. The zero-order valence-corrected chi connectivity index (χ0v) is 6.93. The quantitative estimate of drug-likeness (QED) is 0.603. The van der Waals surface area contributed by atoms with Gasteiger partial charge in [-0.05, 0) is 18.9 Å². The summed E-state index contributed by atoms with van der Waals surface area (Å²) in [5.74, 6) is 5.41. The molecule has 0 saturated heterocycles. The van der Waals surface area contributed by atoms with Gasteiger partial charge in [-0.1, -0.05) is 24.0 Å². The summed E-state index contributed by atoms with van der Waals surface area (Å²) >= 11 is 0. The normalized spacial score (nSPS) is 18.1. The van der Waals surface area contributed by atoms with Crippen molar-refractivity contribution in [2.75, 3.05) is 0 Å². The second-order valence-corrected chi connectivity index (χ2v) is 2.46. The number of terminal acetylenes is 1. The fourth-order valence-corrected chi connectivity index (χ4v) is 0.946. The Bertz CT molecular complexity index is 291. The summed E-state index contributed by atoms with van der Waals surface area (Å²) in [7, 11) is 0. The van der Waals surface area contributed by atoms with E-state index in [2.05, 4.69) is 29.3 Å². The van der Waals surface area contributed by atoms with E-state index < -0.39 is 0 Å². The molecular weight excluding hydrogens is 146 g/mol.